The molecule has 1 nitrogen and oxygen atoms in total. The monoisotopic (exact) mass is 197 g/mol. The topological polar surface area (TPSA) is 3.24 Å². The second kappa shape index (κ2) is 4.65. The Morgan fingerprint density at radius 2 is 1.93 bits per heavy atom. The van der Waals surface area contributed by atoms with Crippen molar-refractivity contribution in [3.63, 3.8) is 0 Å². The van der Waals surface area contributed by atoms with Crippen molar-refractivity contribution in [2.24, 2.45) is 11.8 Å². The first-order valence-electron chi connectivity index (χ1n) is 6.30. The number of hydrogen-bond donors (Lipinski definition) is 0. The van der Waals surface area contributed by atoms with Crippen molar-refractivity contribution in [1.29, 1.82) is 0 Å². The maximum atomic E-state index is 2.60. The molecule has 0 amide bonds. The molecule has 0 N–H and O–H groups in total. The molecule has 0 aliphatic carbocycles. The molecular weight excluding hydrogens is 170 g/mol. The summed E-state index contributed by atoms with van der Waals surface area (Å²) in [6.07, 6.45) is 5.50. The van der Waals surface area contributed by atoms with E-state index in [0.717, 1.165) is 11.8 Å². The maximum Gasteiger partial charge on any atom is 0.0269 e. The minimum Gasteiger partial charge on any atom is -0.300 e. The largest absolute Gasteiger partial charge is 0.300 e. The standard InChI is InChI=1S/C13H27N/c1-6-8-12(7-2)13(11(3)4)9-10-14(13)5/h11-12H,6-10H2,1-5H3. The van der Waals surface area contributed by atoms with Gasteiger partial charge in [-0.25, -0.2) is 0 Å². The van der Waals surface area contributed by atoms with Crippen molar-refractivity contribution in [3.8, 4) is 0 Å². The second-order valence-corrected chi connectivity index (χ2v) is 5.21. The Morgan fingerprint density at radius 3 is 2.14 bits per heavy atom. The predicted octanol–water partition coefficient (Wildman–Crippen LogP) is 3.54. The molecular formula is C13H27N. The fourth-order valence-electron chi connectivity index (χ4n) is 3.47. The van der Waals surface area contributed by atoms with E-state index in [1.54, 1.807) is 0 Å². The molecule has 0 radical (unpaired) electrons. The lowest BCUT2D eigenvalue weighted by atomic mass is 9.65. The fraction of sp³-hybridized carbons (Fsp3) is 1.00. The van der Waals surface area contributed by atoms with Gasteiger partial charge in [0, 0.05) is 12.1 Å². The quantitative estimate of drug-likeness (QED) is 0.651. The van der Waals surface area contributed by atoms with Crippen LogP contribution in [-0.2, 0) is 0 Å². The molecule has 0 bridgehead atoms. The van der Waals surface area contributed by atoms with Crippen molar-refractivity contribution in [1.82, 2.24) is 4.90 Å². The third-order valence-electron chi connectivity index (χ3n) is 4.40. The zero-order valence-electron chi connectivity index (χ0n) is 10.6. The van der Waals surface area contributed by atoms with Gasteiger partial charge in [-0.3, -0.25) is 0 Å². The van der Waals surface area contributed by atoms with Crippen molar-refractivity contribution in [2.45, 2.75) is 58.9 Å². The summed E-state index contributed by atoms with van der Waals surface area (Å²) >= 11 is 0. The van der Waals surface area contributed by atoms with Crippen LogP contribution in [0.2, 0.25) is 0 Å². The highest BCUT2D eigenvalue weighted by Gasteiger charge is 2.49. The molecule has 0 aromatic heterocycles. The van der Waals surface area contributed by atoms with Crippen LogP contribution in [0.4, 0.5) is 0 Å². The van der Waals surface area contributed by atoms with Crippen molar-refractivity contribution < 1.29 is 0 Å². The molecule has 2 unspecified atom stereocenters. The average Bonchev–Trinajstić information content (AvgIpc) is 2.14. The number of rotatable bonds is 5. The molecule has 1 fully saturated rings. The van der Waals surface area contributed by atoms with Gasteiger partial charge < -0.3 is 4.90 Å². The van der Waals surface area contributed by atoms with E-state index < -0.39 is 0 Å². The van der Waals surface area contributed by atoms with Crippen LogP contribution in [0, 0.1) is 11.8 Å². The van der Waals surface area contributed by atoms with Gasteiger partial charge in [-0.15, -0.1) is 0 Å². The molecule has 1 heteroatoms. The highest BCUT2D eigenvalue weighted by molar-refractivity contribution is 5.04. The summed E-state index contributed by atoms with van der Waals surface area (Å²) in [5.41, 5.74) is 0.533. The first-order valence-corrected chi connectivity index (χ1v) is 6.30. The smallest absolute Gasteiger partial charge is 0.0269 e. The zero-order chi connectivity index (χ0) is 10.8. The van der Waals surface area contributed by atoms with Crippen LogP contribution < -0.4 is 0 Å². The third-order valence-corrected chi connectivity index (χ3v) is 4.40. The van der Waals surface area contributed by atoms with Crippen LogP contribution in [0.25, 0.3) is 0 Å². The summed E-state index contributed by atoms with van der Waals surface area (Å²) < 4.78 is 0. The Labute approximate surface area is 89.9 Å². The van der Waals surface area contributed by atoms with Gasteiger partial charge >= 0.3 is 0 Å². The average molecular weight is 197 g/mol. The van der Waals surface area contributed by atoms with Gasteiger partial charge in [0.05, 0.1) is 0 Å². The van der Waals surface area contributed by atoms with Crippen LogP contribution >= 0.6 is 0 Å². The Kier molecular flexibility index (Phi) is 4.00. The summed E-state index contributed by atoms with van der Waals surface area (Å²) in [4.78, 5) is 2.60. The highest BCUT2D eigenvalue weighted by atomic mass is 15.2. The van der Waals surface area contributed by atoms with E-state index in [9.17, 15) is 0 Å². The Morgan fingerprint density at radius 1 is 1.29 bits per heavy atom. The number of nitrogens with zero attached hydrogens (tertiary/aromatic N) is 1. The van der Waals surface area contributed by atoms with E-state index in [0.29, 0.717) is 5.54 Å². The van der Waals surface area contributed by atoms with E-state index in [1.165, 1.54) is 32.2 Å². The summed E-state index contributed by atoms with van der Waals surface area (Å²) in [5.74, 6) is 1.71. The van der Waals surface area contributed by atoms with Crippen molar-refractivity contribution in [3.05, 3.63) is 0 Å². The van der Waals surface area contributed by atoms with E-state index in [-0.39, 0.29) is 0 Å². The molecule has 1 saturated heterocycles. The molecule has 0 spiro atoms. The van der Waals surface area contributed by atoms with E-state index >= 15 is 0 Å². The minimum absolute atomic E-state index is 0.533. The van der Waals surface area contributed by atoms with Gasteiger partial charge in [0.2, 0.25) is 0 Å². The molecule has 1 rings (SSSR count). The Balaban J connectivity index is 2.75. The van der Waals surface area contributed by atoms with Crippen LogP contribution in [-0.4, -0.2) is 24.0 Å². The van der Waals surface area contributed by atoms with Crippen molar-refractivity contribution >= 4 is 0 Å². The molecule has 1 aliphatic rings. The second-order valence-electron chi connectivity index (χ2n) is 5.21. The summed E-state index contributed by atoms with van der Waals surface area (Å²) in [6, 6.07) is 0. The normalized spacial score (nSPS) is 30.4. The first-order chi connectivity index (χ1) is 6.59. The Bertz CT molecular complexity index is 169. The molecule has 0 aromatic carbocycles. The lowest BCUT2D eigenvalue weighted by Crippen LogP contribution is -2.65. The predicted molar refractivity (Wildman–Crippen MR) is 63.5 cm³/mol. The van der Waals surface area contributed by atoms with E-state index in [2.05, 4.69) is 39.6 Å². The fourth-order valence-corrected chi connectivity index (χ4v) is 3.47. The van der Waals surface area contributed by atoms with Gasteiger partial charge in [0.1, 0.15) is 0 Å². The van der Waals surface area contributed by atoms with E-state index in [4.69, 9.17) is 0 Å². The van der Waals surface area contributed by atoms with Crippen LogP contribution in [0.3, 0.4) is 0 Å². The SMILES string of the molecule is CCCC(CC)C1(C(C)C)CCN1C. The van der Waals surface area contributed by atoms with Gasteiger partial charge in [0.25, 0.3) is 0 Å². The maximum absolute atomic E-state index is 2.60. The molecule has 84 valence electrons. The van der Waals surface area contributed by atoms with Crippen LogP contribution in [0.5, 0.6) is 0 Å². The summed E-state index contributed by atoms with van der Waals surface area (Å²) in [6.45, 7) is 10.8. The van der Waals surface area contributed by atoms with Crippen LogP contribution in [0.1, 0.15) is 53.4 Å². The molecule has 1 aliphatic heterocycles. The molecule has 2 atom stereocenters. The zero-order valence-corrected chi connectivity index (χ0v) is 10.6. The Hall–Kier alpha value is -0.0400. The number of hydrogen-bond acceptors (Lipinski definition) is 1. The lowest BCUT2D eigenvalue weighted by Gasteiger charge is -2.58. The first kappa shape index (κ1) is 12.0. The molecule has 0 saturated carbocycles. The minimum atomic E-state index is 0.533. The van der Waals surface area contributed by atoms with Crippen LogP contribution in [0.15, 0.2) is 0 Å². The molecule has 14 heavy (non-hydrogen) atoms. The summed E-state index contributed by atoms with van der Waals surface area (Å²) in [7, 11) is 2.31. The van der Waals surface area contributed by atoms with Gasteiger partial charge in [-0.1, -0.05) is 40.5 Å². The van der Waals surface area contributed by atoms with Gasteiger partial charge in [0.15, 0.2) is 0 Å². The number of likely N-dealkylation sites (tertiary alicyclic amines) is 1. The van der Waals surface area contributed by atoms with E-state index in [1.807, 2.05) is 0 Å². The lowest BCUT2D eigenvalue weighted by molar-refractivity contribution is -0.0790. The summed E-state index contributed by atoms with van der Waals surface area (Å²) in [5, 5.41) is 0. The highest BCUT2D eigenvalue weighted by Crippen LogP contribution is 2.45. The van der Waals surface area contributed by atoms with Gasteiger partial charge in [-0.2, -0.15) is 0 Å². The van der Waals surface area contributed by atoms with Gasteiger partial charge in [-0.05, 0) is 31.7 Å². The molecule has 1 heterocycles. The van der Waals surface area contributed by atoms with Crippen molar-refractivity contribution in [2.75, 3.05) is 13.6 Å². The third kappa shape index (κ3) is 1.71. The molecule has 0 aromatic rings.